The van der Waals surface area contributed by atoms with E-state index in [2.05, 4.69) is 17.1 Å². The number of hydrogen-bond acceptors (Lipinski definition) is 4. The van der Waals surface area contributed by atoms with E-state index in [1.165, 1.54) is 5.56 Å². The number of aromatic nitrogens is 1. The molecule has 0 saturated carbocycles. The zero-order chi connectivity index (χ0) is 15.3. The van der Waals surface area contributed by atoms with Gasteiger partial charge in [-0.15, -0.1) is 11.3 Å². The normalized spacial score (nSPS) is 11.4. The number of esters is 1. The van der Waals surface area contributed by atoms with E-state index >= 15 is 0 Å². The van der Waals surface area contributed by atoms with E-state index < -0.39 is 5.41 Å². The summed E-state index contributed by atoms with van der Waals surface area (Å²) in [4.78, 5) is 16.6. The van der Waals surface area contributed by atoms with Crippen molar-refractivity contribution >= 4 is 17.3 Å². The van der Waals surface area contributed by atoms with Crippen molar-refractivity contribution in [2.24, 2.45) is 0 Å². The summed E-state index contributed by atoms with van der Waals surface area (Å²) >= 11 is 1.61. The second-order valence-corrected chi connectivity index (χ2v) is 6.40. The van der Waals surface area contributed by atoms with Crippen molar-refractivity contribution in [3.63, 3.8) is 0 Å². The molecule has 1 aromatic heterocycles. The summed E-state index contributed by atoms with van der Waals surface area (Å²) in [5, 5.41) is 3.03. The third kappa shape index (κ3) is 3.91. The standard InChI is InChI=1S/C17H21NO2S/c1-4-20-16(19)17(2,3)14-12-21-15(18-14)11-10-13-8-6-5-7-9-13/h5-9,12H,4,10-11H2,1-3H3. The van der Waals surface area contributed by atoms with Crippen molar-refractivity contribution < 1.29 is 9.53 Å². The lowest BCUT2D eigenvalue weighted by Gasteiger charge is -2.19. The average Bonchev–Trinajstić information content (AvgIpc) is 2.96. The highest BCUT2D eigenvalue weighted by molar-refractivity contribution is 7.09. The summed E-state index contributed by atoms with van der Waals surface area (Å²) in [5.74, 6) is -0.218. The Morgan fingerprint density at radius 1 is 1.24 bits per heavy atom. The zero-order valence-electron chi connectivity index (χ0n) is 12.8. The van der Waals surface area contributed by atoms with Gasteiger partial charge in [0.15, 0.2) is 0 Å². The first kappa shape index (κ1) is 15.7. The van der Waals surface area contributed by atoms with Crippen LogP contribution in [0.4, 0.5) is 0 Å². The van der Waals surface area contributed by atoms with E-state index in [9.17, 15) is 4.79 Å². The monoisotopic (exact) mass is 303 g/mol. The molecule has 0 aliphatic rings. The van der Waals surface area contributed by atoms with Crippen LogP contribution in [0.5, 0.6) is 0 Å². The number of benzene rings is 1. The summed E-state index contributed by atoms with van der Waals surface area (Å²) in [5.41, 5.74) is 1.42. The number of carbonyl (C=O) groups is 1. The molecule has 0 bridgehead atoms. The third-order valence-corrected chi connectivity index (χ3v) is 4.36. The number of aryl methyl sites for hydroxylation is 2. The van der Waals surface area contributed by atoms with Crippen LogP contribution in [-0.2, 0) is 27.8 Å². The van der Waals surface area contributed by atoms with E-state index in [1.54, 1.807) is 11.3 Å². The molecule has 0 N–H and O–H groups in total. The highest BCUT2D eigenvalue weighted by Gasteiger charge is 2.33. The molecule has 0 fully saturated rings. The van der Waals surface area contributed by atoms with Gasteiger partial charge in [-0.2, -0.15) is 0 Å². The average molecular weight is 303 g/mol. The fraction of sp³-hybridized carbons (Fsp3) is 0.412. The van der Waals surface area contributed by atoms with Crippen molar-refractivity contribution in [1.29, 1.82) is 0 Å². The second-order valence-electron chi connectivity index (χ2n) is 5.46. The SMILES string of the molecule is CCOC(=O)C(C)(C)c1csc(CCc2ccccc2)n1. The van der Waals surface area contributed by atoms with Gasteiger partial charge in [-0.3, -0.25) is 4.79 Å². The quantitative estimate of drug-likeness (QED) is 0.763. The largest absolute Gasteiger partial charge is 0.465 e. The van der Waals surface area contributed by atoms with Crippen LogP contribution < -0.4 is 0 Å². The third-order valence-electron chi connectivity index (χ3n) is 3.45. The van der Waals surface area contributed by atoms with E-state index in [0.717, 1.165) is 23.5 Å². The smallest absolute Gasteiger partial charge is 0.317 e. The molecule has 0 aliphatic heterocycles. The van der Waals surface area contributed by atoms with Crippen LogP contribution in [-0.4, -0.2) is 17.6 Å². The number of rotatable bonds is 6. The Labute approximate surface area is 130 Å². The predicted octanol–water partition coefficient (Wildman–Crippen LogP) is 3.77. The van der Waals surface area contributed by atoms with Gasteiger partial charge in [0.25, 0.3) is 0 Å². The Kier molecular flexibility index (Phi) is 5.12. The van der Waals surface area contributed by atoms with Crippen molar-refractivity contribution in [2.45, 2.75) is 39.0 Å². The molecule has 1 heterocycles. The fourth-order valence-electron chi connectivity index (χ4n) is 2.02. The van der Waals surface area contributed by atoms with Crippen LogP contribution >= 0.6 is 11.3 Å². The highest BCUT2D eigenvalue weighted by Crippen LogP contribution is 2.26. The Morgan fingerprint density at radius 2 is 1.95 bits per heavy atom. The van der Waals surface area contributed by atoms with Crippen LogP contribution in [0.3, 0.4) is 0 Å². The fourth-order valence-corrected chi connectivity index (χ4v) is 2.99. The minimum absolute atomic E-state index is 0.218. The number of carbonyl (C=O) groups excluding carboxylic acids is 1. The molecule has 112 valence electrons. The minimum atomic E-state index is -0.683. The Bertz CT molecular complexity index is 590. The van der Waals surface area contributed by atoms with Crippen LogP contribution in [0, 0.1) is 0 Å². The molecule has 0 radical (unpaired) electrons. The van der Waals surface area contributed by atoms with Gasteiger partial charge in [-0.25, -0.2) is 4.98 Å². The molecule has 0 saturated heterocycles. The molecule has 4 heteroatoms. The van der Waals surface area contributed by atoms with Crippen LogP contribution in [0.15, 0.2) is 35.7 Å². The van der Waals surface area contributed by atoms with Gasteiger partial charge in [-0.05, 0) is 32.8 Å². The predicted molar refractivity (Wildman–Crippen MR) is 85.6 cm³/mol. The summed E-state index contributed by atoms with van der Waals surface area (Å²) in [6.45, 7) is 5.94. The molecule has 0 unspecified atom stereocenters. The number of hydrogen-bond donors (Lipinski definition) is 0. The molecule has 2 aromatic rings. The summed E-state index contributed by atoms with van der Waals surface area (Å²) in [6, 6.07) is 10.4. The molecule has 3 nitrogen and oxygen atoms in total. The molecule has 21 heavy (non-hydrogen) atoms. The van der Waals surface area contributed by atoms with Crippen molar-refractivity contribution in [3.05, 3.63) is 52.0 Å². The first-order valence-corrected chi connectivity index (χ1v) is 8.08. The van der Waals surface area contributed by atoms with Crippen LogP contribution in [0.25, 0.3) is 0 Å². The second kappa shape index (κ2) is 6.85. The first-order chi connectivity index (χ1) is 10.0. The van der Waals surface area contributed by atoms with E-state index in [1.807, 2.05) is 44.4 Å². The lowest BCUT2D eigenvalue weighted by Crippen LogP contribution is -2.31. The van der Waals surface area contributed by atoms with E-state index in [-0.39, 0.29) is 5.97 Å². The van der Waals surface area contributed by atoms with Gasteiger partial charge < -0.3 is 4.74 Å². The maximum absolute atomic E-state index is 12.0. The molecule has 2 rings (SSSR count). The van der Waals surface area contributed by atoms with Crippen LogP contribution in [0.1, 0.15) is 37.0 Å². The van der Waals surface area contributed by atoms with Gasteiger partial charge in [0.2, 0.25) is 0 Å². The van der Waals surface area contributed by atoms with Gasteiger partial charge in [-0.1, -0.05) is 30.3 Å². The number of thiazole rings is 1. The lowest BCUT2D eigenvalue weighted by molar-refractivity contribution is -0.148. The zero-order valence-corrected chi connectivity index (χ0v) is 13.6. The van der Waals surface area contributed by atoms with Crippen LogP contribution in [0.2, 0.25) is 0 Å². The van der Waals surface area contributed by atoms with Crippen molar-refractivity contribution in [2.75, 3.05) is 6.61 Å². The Morgan fingerprint density at radius 3 is 2.62 bits per heavy atom. The van der Waals surface area contributed by atoms with Gasteiger partial charge in [0, 0.05) is 11.8 Å². The van der Waals surface area contributed by atoms with Gasteiger partial charge in [0.05, 0.1) is 17.3 Å². The maximum atomic E-state index is 12.0. The molecule has 0 aliphatic carbocycles. The van der Waals surface area contributed by atoms with E-state index in [0.29, 0.717) is 6.61 Å². The highest BCUT2D eigenvalue weighted by atomic mass is 32.1. The molecule has 0 amide bonds. The Hall–Kier alpha value is -1.68. The lowest BCUT2D eigenvalue weighted by atomic mass is 9.90. The summed E-state index contributed by atoms with van der Waals surface area (Å²) in [6.07, 6.45) is 1.86. The van der Waals surface area contributed by atoms with E-state index in [4.69, 9.17) is 4.74 Å². The van der Waals surface area contributed by atoms with Crippen molar-refractivity contribution in [3.8, 4) is 0 Å². The van der Waals surface area contributed by atoms with Crippen molar-refractivity contribution in [1.82, 2.24) is 4.98 Å². The molecule has 0 atom stereocenters. The molecule has 1 aromatic carbocycles. The minimum Gasteiger partial charge on any atom is -0.465 e. The number of nitrogens with zero attached hydrogens (tertiary/aromatic N) is 1. The maximum Gasteiger partial charge on any atom is 0.317 e. The molecular weight excluding hydrogens is 282 g/mol. The first-order valence-electron chi connectivity index (χ1n) is 7.20. The summed E-state index contributed by atoms with van der Waals surface area (Å²) < 4.78 is 5.13. The van der Waals surface area contributed by atoms with Gasteiger partial charge >= 0.3 is 5.97 Å². The van der Waals surface area contributed by atoms with Gasteiger partial charge in [0.1, 0.15) is 5.41 Å². The Balaban J connectivity index is 2.02. The summed E-state index contributed by atoms with van der Waals surface area (Å²) in [7, 11) is 0. The number of ether oxygens (including phenoxy) is 1. The topological polar surface area (TPSA) is 39.2 Å². The molecular formula is C17H21NO2S. The molecule has 0 spiro atoms.